The molecule has 0 rings (SSSR count). The molecule has 0 atom stereocenters. The zero-order valence-electron chi connectivity index (χ0n) is 4.83. The van der Waals surface area contributed by atoms with E-state index >= 15 is 0 Å². The molecule has 0 aliphatic heterocycles. The minimum atomic E-state index is 0. The summed E-state index contributed by atoms with van der Waals surface area (Å²) in [7, 11) is 0. The molecule has 5 heavy (non-hydrogen) atoms. The molecule has 0 aromatic rings. The number of hydrogen-bond donors (Lipinski definition) is 4. The molecule has 0 amide bonds. The second kappa shape index (κ2) is 274. The molecule has 12 N–H and O–H groups in total. The van der Waals surface area contributed by atoms with E-state index in [4.69, 9.17) is 0 Å². The van der Waals surface area contributed by atoms with Crippen LogP contribution in [-0.2, 0) is 0 Å². The van der Waals surface area contributed by atoms with Crippen LogP contribution in [0, 0.1) is 0 Å². The van der Waals surface area contributed by atoms with Crippen molar-refractivity contribution in [2.75, 3.05) is 0 Å². The van der Waals surface area contributed by atoms with E-state index in [1.165, 1.54) is 0 Å². The predicted octanol–water partition coefficient (Wildman–Crippen LogP) is -2.24. The van der Waals surface area contributed by atoms with Gasteiger partial charge in [-0.3, -0.25) is 0 Å². The second-order valence-electron chi connectivity index (χ2n) is 0. The maximum absolute atomic E-state index is 0. The van der Waals surface area contributed by atoms with E-state index in [1.54, 1.807) is 0 Å². The smallest absolute Gasteiger partial charge is 1.00 e. The van der Waals surface area contributed by atoms with Crippen molar-refractivity contribution >= 4 is 0 Å². The molecule has 0 fully saturated rings. The molecule has 0 aromatic heterocycles. The van der Waals surface area contributed by atoms with Crippen molar-refractivity contribution in [3.8, 4) is 0 Å². The monoisotopic (exact) mass is 76.1 g/mol. The summed E-state index contributed by atoms with van der Waals surface area (Å²) >= 11 is 0. The molecule has 0 saturated carbocycles. The van der Waals surface area contributed by atoms with Gasteiger partial charge in [0.25, 0.3) is 0 Å². The van der Waals surface area contributed by atoms with Crippen LogP contribution in [0.3, 0.4) is 0 Å². The maximum Gasteiger partial charge on any atom is 1.00 e. The predicted molar refractivity (Wildman–Crippen MR) is 21.2 cm³/mol. The Bertz CT molecular complexity index is 7.51. The van der Waals surface area contributed by atoms with Crippen molar-refractivity contribution in [1.29, 1.82) is 0 Å². The van der Waals surface area contributed by atoms with Crippen LogP contribution in [0.25, 0.3) is 0 Å². The van der Waals surface area contributed by atoms with Crippen molar-refractivity contribution in [1.82, 2.24) is 24.6 Å². The Morgan fingerprint density at radius 1 is 0.600 bits per heavy atom. The van der Waals surface area contributed by atoms with Crippen molar-refractivity contribution in [2.45, 2.75) is 0 Å². The van der Waals surface area contributed by atoms with Crippen LogP contribution in [0.4, 0.5) is 0 Å². The van der Waals surface area contributed by atoms with Gasteiger partial charge >= 0.3 is 18.9 Å². The summed E-state index contributed by atoms with van der Waals surface area (Å²) in [5, 5.41) is 0. The Labute approximate surface area is 45.7 Å². The van der Waals surface area contributed by atoms with Gasteiger partial charge in [0.2, 0.25) is 0 Å². The van der Waals surface area contributed by atoms with Gasteiger partial charge in [0.15, 0.2) is 0 Å². The Morgan fingerprint density at radius 2 is 0.600 bits per heavy atom. The Balaban J connectivity index is 0. The third-order valence-corrected chi connectivity index (χ3v) is 0. The first kappa shape index (κ1) is 560. The first-order valence-electron chi connectivity index (χ1n) is 0. The fourth-order valence-electron chi connectivity index (χ4n) is 0. The first-order chi connectivity index (χ1) is 0. The molecule has 0 saturated heterocycles. The molecular formula is H13LiN4. The Kier molecular flexibility index (Phi) is 30700. The number of hydrogen-bond acceptors (Lipinski definition) is 4. The average Bonchev–Trinajstić information content (AvgIpc) is 0. The quantitative estimate of drug-likeness (QED) is 0.242. The van der Waals surface area contributed by atoms with Crippen molar-refractivity contribution in [3.05, 3.63) is 0 Å². The maximum atomic E-state index is 0. The fraction of sp³-hybridized carbons (Fsp3) is 0. The van der Waals surface area contributed by atoms with Gasteiger partial charge in [0.1, 0.15) is 0 Å². The minimum absolute atomic E-state index is 0. The van der Waals surface area contributed by atoms with E-state index in [0.717, 1.165) is 0 Å². The molecule has 0 bridgehead atoms. The van der Waals surface area contributed by atoms with E-state index in [1.807, 2.05) is 0 Å². The fourth-order valence-corrected chi connectivity index (χ4v) is 0. The summed E-state index contributed by atoms with van der Waals surface area (Å²) in [6, 6.07) is 0. The van der Waals surface area contributed by atoms with Crippen LogP contribution in [0.15, 0.2) is 0 Å². The standard InChI is InChI=1S/Li.4H3N.H/h;4*1H3;/q+1;;;;;-1. The van der Waals surface area contributed by atoms with Crippen LogP contribution < -0.4 is 43.5 Å². The minimum Gasteiger partial charge on any atom is -1.00 e. The van der Waals surface area contributed by atoms with Gasteiger partial charge in [-0.2, -0.15) is 0 Å². The van der Waals surface area contributed by atoms with E-state index in [0.29, 0.717) is 0 Å². The zero-order valence-corrected chi connectivity index (χ0v) is 3.83. The van der Waals surface area contributed by atoms with Crippen LogP contribution in [0.1, 0.15) is 1.43 Å². The van der Waals surface area contributed by atoms with Crippen LogP contribution in [0.2, 0.25) is 0 Å². The zero-order chi connectivity index (χ0) is 0. The molecule has 5 heteroatoms. The molecule has 0 spiro atoms. The largest absolute Gasteiger partial charge is 1.00 e. The van der Waals surface area contributed by atoms with E-state index < -0.39 is 0 Å². The molecule has 4 nitrogen and oxygen atoms in total. The van der Waals surface area contributed by atoms with Gasteiger partial charge < -0.3 is 26.0 Å². The second-order valence-corrected chi connectivity index (χ2v) is 0. The van der Waals surface area contributed by atoms with Crippen LogP contribution in [0.5, 0.6) is 0 Å². The molecule has 34 valence electrons. The van der Waals surface area contributed by atoms with Crippen LogP contribution in [-0.4, -0.2) is 0 Å². The summed E-state index contributed by atoms with van der Waals surface area (Å²) in [6.07, 6.45) is 0. The summed E-state index contributed by atoms with van der Waals surface area (Å²) in [5.41, 5.74) is 0. The van der Waals surface area contributed by atoms with E-state index in [-0.39, 0.29) is 44.9 Å². The Morgan fingerprint density at radius 3 is 0.600 bits per heavy atom. The Hall–Kier alpha value is 0.437. The third-order valence-electron chi connectivity index (χ3n) is 0. The molecule has 0 unspecified atom stereocenters. The normalized spacial score (nSPS) is 0. The molecule has 0 radical (unpaired) electrons. The summed E-state index contributed by atoms with van der Waals surface area (Å²) < 4.78 is 0. The van der Waals surface area contributed by atoms with Crippen molar-refractivity contribution in [3.63, 3.8) is 0 Å². The van der Waals surface area contributed by atoms with Crippen LogP contribution >= 0.6 is 0 Å². The van der Waals surface area contributed by atoms with Gasteiger partial charge in [-0.15, -0.1) is 0 Å². The number of rotatable bonds is 0. The van der Waals surface area contributed by atoms with Crippen molar-refractivity contribution < 1.29 is 20.3 Å². The summed E-state index contributed by atoms with van der Waals surface area (Å²) in [6.45, 7) is 0. The van der Waals surface area contributed by atoms with E-state index in [9.17, 15) is 0 Å². The summed E-state index contributed by atoms with van der Waals surface area (Å²) in [4.78, 5) is 0. The molecule has 0 aromatic carbocycles. The summed E-state index contributed by atoms with van der Waals surface area (Å²) in [5.74, 6) is 0. The molecule has 0 aliphatic rings. The van der Waals surface area contributed by atoms with Crippen molar-refractivity contribution in [2.24, 2.45) is 0 Å². The van der Waals surface area contributed by atoms with E-state index in [2.05, 4.69) is 0 Å². The molecule has 0 heterocycles. The average molecular weight is 76.1 g/mol. The molecule has 0 aliphatic carbocycles. The van der Waals surface area contributed by atoms with Gasteiger partial charge in [0.05, 0.1) is 0 Å². The topological polar surface area (TPSA) is 140 Å². The SMILES string of the molecule is N.N.N.N.[H-].[Li+]. The van der Waals surface area contributed by atoms with Gasteiger partial charge in [-0.05, 0) is 0 Å². The first-order valence-corrected chi connectivity index (χ1v) is 0. The van der Waals surface area contributed by atoms with Gasteiger partial charge in [0, 0.05) is 0 Å². The third kappa shape index (κ3) is 138. The van der Waals surface area contributed by atoms with Gasteiger partial charge in [-0.1, -0.05) is 0 Å². The molecular weight excluding hydrogens is 63.0 g/mol. The van der Waals surface area contributed by atoms with Gasteiger partial charge in [-0.25, -0.2) is 0 Å².